The Kier molecular flexibility index (Phi) is 2.67. The van der Waals surface area contributed by atoms with Crippen molar-refractivity contribution in [2.75, 3.05) is 0 Å². The number of fused-ring (bicyclic) bond motifs is 3. The zero-order valence-electron chi connectivity index (χ0n) is 13.1. The van der Waals surface area contributed by atoms with Crippen LogP contribution in [0.15, 0.2) is 66.7 Å². The molecule has 3 aromatic carbocycles. The van der Waals surface area contributed by atoms with E-state index in [1.54, 1.807) is 0 Å². The first kappa shape index (κ1) is 13.2. The second-order valence-electron chi connectivity index (χ2n) is 5.99. The molecule has 0 bridgehead atoms. The van der Waals surface area contributed by atoms with Crippen molar-refractivity contribution in [2.24, 2.45) is 0 Å². The van der Waals surface area contributed by atoms with Crippen LogP contribution in [0.25, 0.3) is 38.5 Å². The standard InChI is InChI=1S/C20H14N4/c1-13-10-11-19-18(12-13)22-23-24(19)20-14-6-2-4-8-16(14)21-17-9-5-3-7-15(17)20/h2-12H,1H3. The molecule has 0 fully saturated rings. The molecule has 4 heteroatoms. The van der Waals surface area contributed by atoms with Gasteiger partial charge in [-0.25, -0.2) is 9.67 Å². The summed E-state index contributed by atoms with van der Waals surface area (Å²) in [6, 6.07) is 22.6. The molecule has 114 valence electrons. The smallest absolute Gasteiger partial charge is 0.113 e. The van der Waals surface area contributed by atoms with Crippen molar-refractivity contribution in [3.63, 3.8) is 0 Å². The first-order valence-corrected chi connectivity index (χ1v) is 7.91. The second-order valence-corrected chi connectivity index (χ2v) is 5.99. The Morgan fingerprint density at radius 1 is 0.750 bits per heavy atom. The van der Waals surface area contributed by atoms with Crippen LogP contribution in [0.5, 0.6) is 0 Å². The van der Waals surface area contributed by atoms with Crippen LogP contribution in [-0.4, -0.2) is 20.0 Å². The molecule has 2 aromatic heterocycles. The average Bonchev–Trinajstić information content (AvgIpc) is 3.02. The maximum atomic E-state index is 4.78. The van der Waals surface area contributed by atoms with Crippen molar-refractivity contribution in [3.8, 4) is 5.69 Å². The van der Waals surface area contributed by atoms with Gasteiger partial charge in [0.15, 0.2) is 0 Å². The Morgan fingerprint density at radius 3 is 2.12 bits per heavy atom. The minimum Gasteiger partial charge on any atom is -0.248 e. The summed E-state index contributed by atoms with van der Waals surface area (Å²) in [4.78, 5) is 4.78. The van der Waals surface area contributed by atoms with E-state index in [9.17, 15) is 0 Å². The highest BCUT2D eigenvalue weighted by Crippen LogP contribution is 2.30. The summed E-state index contributed by atoms with van der Waals surface area (Å²) >= 11 is 0. The summed E-state index contributed by atoms with van der Waals surface area (Å²) < 4.78 is 1.93. The lowest BCUT2D eigenvalue weighted by molar-refractivity contribution is 0.833. The lowest BCUT2D eigenvalue weighted by atomic mass is 10.1. The molecule has 5 rings (SSSR count). The second kappa shape index (κ2) is 4.86. The number of aromatic nitrogens is 4. The van der Waals surface area contributed by atoms with Gasteiger partial charge >= 0.3 is 0 Å². The summed E-state index contributed by atoms with van der Waals surface area (Å²) in [5, 5.41) is 11.0. The topological polar surface area (TPSA) is 43.6 Å². The van der Waals surface area contributed by atoms with Crippen LogP contribution in [0.4, 0.5) is 0 Å². The Balaban J connectivity index is 1.99. The number of pyridine rings is 1. The van der Waals surface area contributed by atoms with Gasteiger partial charge in [0.1, 0.15) is 5.52 Å². The fraction of sp³-hybridized carbons (Fsp3) is 0.0500. The third-order valence-electron chi connectivity index (χ3n) is 4.37. The summed E-state index contributed by atoms with van der Waals surface area (Å²) in [7, 11) is 0. The quantitative estimate of drug-likeness (QED) is 0.430. The van der Waals surface area contributed by atoms with Crippen molar-refractivity contribution in [1.29, 1.82) is 0 Å². The maximum absolute atomic E-state index is 4.78. The first-order chi connectivity index (χ1) is 11.8. The van der Waals surface area contributed by atoms with E-state index in [1.807, 2.05) is 41.1 Å². The molecule has 5 aromatic rings. The third kappa shape index (κ3) is 1.83. The molecule has 0 unspecified atom stereocenters. The van der Waals surface area contributed by atoms with Crippen molar-refractivity contribution in [3.05, 3.63) is 72.3 Å². The summed E-state index contributed by atoms with van der Waals surface area (Å²) in [5.41, 5.74) is 6.03. The zero-order chi connectivity index (χ0) is 16.1. The van der Waals surface area contributed by atoms with Gasteiger partial charge in [-0.15, -0.1) is 5.10 Å². The van der Waals surface area contributed by atoms with Gasteiger partial charge < -0.3 is 0 Å². The van der Waals surface area contributed by atoms with Gasteiger partial charge in [-0.1, -0.05) is 47.7 Å². The van der Waals surface area contributed by atoms with Crippen LogP contribution in [0.1, 0.15) is 5.56 Å². The predicted molar refractivity (Wildman–Crippen MR) is 96.4 cm³/mol. The lowest BCUT2D eigenvalue weighted by Crippen LogP contribution is -2.00. The zero-order valence-corrected chi connectivity index (χ0v) is 13.1. The van der Waals surface area contributed by atoms with E-state index >= 15 is 0 Å². The van der Waals surface area contributed by atoms with E-state index in [0.717, 1.165) is 38.5 Å². The van der Waals surface area contributed by atoms with Crippen LogP contribution < -0.4 is 0 Å². The SMILES string of the molecule is Cc1ccc2c(c1)nnn2-c1c2ccccc2nc2ccccc12. The number of aryl methyl sites for hydroxylation is 1. The summed E-state index contributed by atoms with van der Waals surface area (Å²) in [6.07, 6.45) is 0. The first-order valence-electron chi connectivity index (χ1n) is 7.91. The molecular weight excluding hydrogens is 296 g/mol. The Hall–Kier alpha value is -3.27. The highest BCUT2D eigenvalue weighted by atomic mass is 15.4. The van der Waals surface area contributed by atoms with Crippen LogP contribution in [0.3, 0.4) is 0 Å². The molecule has 0 aliphatic rings. The van der Waals surface area contributed by atoms with Crippen LogP contribution in [-0.2, 0) is 0 Å². The molecule has 0 radical (unpaired) electrons. The van der Waals surface area contributed by atoms with E-state index in [2.05, 4.69) is 47.6 Å². The maximum Gasteiger partial charge on any atom is 0.113 e. The van der Waals surface area contributed by atoms with E-state index in [-0.39, 0.29) is 0 Å². The normalized spacial score (nSPS) is 11.5. The van der Waals surface area contributed by atoms with E-state index in [0.29, 0.717) is 0 Å². The van der Waals surface area contributed by atoms with Crippen LogP contribution in [0.2, 0.25) is 0 Å². The molecular formula is C20H14N4. The van der Waals surface area contributed by atoms with E-state index in [1.165, 1.54) is 5.56 Å². The minimum absolute atomic E-state index is 0.903. The third-order valence-corrected chi connectivity index (χ3v) is 4.37. The molecule has 0 N–H and O–H groups in total. The van der Waals surface area contributed by atoms with Gasteiger partial charge in [0, 0.05) is 10.8 Å². The molecule has 0 amide bonds. The number of nitrogens with zero attached hydrogens (tertiary/aromatic N) is 4. The number of para-hydroxylation sites is 2. The van der Waals surface area contributed by atoms with Crippen molar-refractivity contribution in [1.82, 2.24) is 20.0 Å². The number of hydrogen-bond donors (Lipinski definition) is 0. The van der Waals surface area contributed by atoms with Gasteiger partial charge in [0.25, 0.3) is 0 Å². The molecule has 0 aliphatic heterocycles. The number of rotatable bonds is 1. The van der Waals surface area contributed by atoms with Crippen molar-refractivity contribution >= 4 is 32.8 Å². The summed E-state index contributed by atoms with van der Waals surface area (Å²) in [6.45, 7) is 2.07. The number of benzene rings is 3. The van der Waals surface area contributed by atoms with Crippen LogP contribution in [0, 0.1) is 6.92 Å². The lowest BCUT2D eigenvalue weighted by Gasteiger charge is -2.11. The van der Waals surface area contributed by atoms with Gasteiger partial charge in [-0.3, -0.25) is 0 Å². The Bertz CT molecular complexity index is 1170. The summed E-state index contributed by atoms with van der Waals surface area (Å²) in [5.74, 6) is 0. The van der Waals surface area contributed by atoms with Gasteiger partial charge in [0.05, 0.1) is 22.2 Å². The van der Waals surface area contributed by atoms with Crippen molar-refractivity contribution < 1.29 is 0 Å². The Labute approximate surface area is 138 Å². The molecule has 2 heterocycles. The average molecular weight is 310 g/mol. The monoisotopic (exact) mass is 310 g/mol. The van der Waals surface area contributed by atoms with Gasteiger partial charge in [-0.05, 0) is 36.8 Å². The fourth-order valence-electron chi connectivity index (χ4n) is 3.24. The molecule has 0 saturated heterocycles. The highest BCUT2D eigenvalue weighted by Gasteiger charge is 2.14. The highest BCUT2D eigenvalue weighted by molar-refractivity contribution is 6.04. The van der Waals surface area contributed by atoms with Gasteiger partial charge in [-0.2, -0.15) is 0 Å². The molecule has 0 spiro atoms. The minimum atomic E-state index is 0.903. The fourth-order valence-corrected chi connectivity index (χ4v) is 3.24. The Morgan fingerprint density at radius 2 is 1.42 bits per heavy atom. The molecule has 0 aliphatic carbocycles. The largest absolute Gasteiger partial charge is 0.248 e. The number of hydrogen-bond acceptors (Lipinski definition) is 3. The molecule has 0 atom stereocenters. The molecule has 0 saturated carbocycles. The van der Waals surface area contributed by atoms with E-state index in [4.69, 9.17) is 4.98 Å². The molecule has 24 heavy (non-hydrogen) atoms. The molecule has 4 nitrogen and oxygen atoms in total. The van der Waals surface area contributed by atoms with E-state index < -0.39 is 0 Å². The van der Waals surface area contributed by atoms with Crippen LogP contribution >= 0.6 is 0 Å². The van der Waals surface area contributed by atoms with Crippen molar-refractivity contribution in [2.45, 2.75) is 6.92 Å². The van der Waals surface area contributed by atoms with Gasteiger partial charge in [0.2, 0.25) is 0 Å². The predicted octanol–water partition coefficient (Wildman–Crippen LogP) is 4.43.